The van der Waals surface area contributed by atoms with Crippen molar-refractivity contribution in [3.8, 4) is 0 Å². The molecule has 0 spiro atoms. The van der Waals surface area contributed by atoms with E-state index in [1.54, 1.807) is 0 Å². The van der Waals surface area contributed by atoms with Crippen LogP contribution >= 0.6 is 0 Å². The molecule has 6 nitrogen and oxygen atoms in total. The molecule has 0 aliphatic carbocycles. The Balaban J connectivity index is 1.78. The van der Waals surface area contributed by atoms with Crippen molar-refractivity contribution in [3.63, 3.8) is 0 Å². The van der Waals surface area contributed by atoms with Crippen molar-refractivity contribution in [2.75, 3.05) is 0 Å². The van der Waals surface area contributed by atoms with E-state index in [2.05, 4.69) is 69.3 Å². The van der Waals surface area contributed by atoms with Gasteiger partial charge in [-0.2, -0.15) is 0 Å². The highest BCUT2D eigenvalue weighted by Gasteiger charge is 2.53. The molecule has 0 amide bonds. The summed E-state index contributed by atoms with van der Waals surface area (Å²) in [5, 5.41) is 22.0. The lowest BCUT2D eigenvalue weighted by Crippen LogP contribution is -2.69. The van der Waals surface area contributed by atoms with Gasteiger partial charge in [0.25, 0.3) is 8.32 Å². The standard InChI is InChI=1S/C29H42O6Si/c1-21(14-12-13-19-27(31)32)33-28-25(30)20-26(22(2)34-28)35-36(29(3,4)5,23-15-8-6-9-16-23)24-17-10-7-11-18-24/h6-11,15-18,21-22,25-26,28,30H,12-14,19-20H2,1-5H3,(H,31,32)/t21?,22-,25+,26+,28+/m0/s1. The number of hydrogen-bond acceptors (Lipinski definition) is 5. The average Bonchev–Trinajstić information content (AvgIpc) is 2.83. The van der Waals surface area contributed by atoms with Crippen molar-refractivity contribution in [2.45, 2.75) is 102 Å². The summed E-state index contributed by atoms with van der Waals surface area (Å²) < 4.78 is 19.4. The second kappa shape index (κ2) is 12.5. The highest BCUT2D eigenvalue weighted by molar-refractivity contribution is 6.99. The van der Waals surface area contributed by atoms with Crippen LogP contribution < -0.4 is 10.4 Å². The van der Waals surface area contributed by atoms with E-state index >= 15 is 0 Å². The van der Waals surface area contributed by atoms with Crippen molar-refractivity contribution in [3.05, 3.63) is 60.7 Å². The van der Waals surface area contributed by atoms with Crippen LogP contribution in [-0.2, 0) is 18.7 Å². The summed E-state index contributed by atoms with van der Waals surface area (Å²) in [6, 6.07) is 20.9. The van der Waals surface area contributed by atoms with Crippen LogP contribution in [0.1, 0.15) is 66.7 Å². The Hall–Kier alpha value is -2.03. The van der Waals surface area contributed by atoms with Crippen molar-refractivity contribution in [1.29, 1.82) is 0 Å². The molecule has 1 aliphatic rings. The first-order chi connectivity index (χ1) is 17.0. The molecule has 198 valence electrons. The molecule has 1 fully saturated rings. The molecule has 1 unspecified atom stereocenters. The van der Waals surface area contributed by atoms with Gasteiger partial charge in [0.15, 0.2) is 6.29 Å². The molecule has 36 heavy (non-hydrogen) atoms. The third-order valence-corrected chi connectivity index (χ3v) is 12.1. The monoisotopic (exact) mass is 514 g/mol. The number of aliphatic carboxylic acids is 1. The fourth-order valence-corrected chi connectivity index (χ4v) is 9.88. The summed E-state index contributed by atoms with van der Waals surface area (Å²) >= 11 is 0. The summed E-state index contributed by atoms with van der Waals surface area (Å²) in [6.07, 6.45) is 0.426. The van der Waals surface area contributed by atoms with E-state index in [1.165, 1.54) is 10.4 Å². The highest BCUT2D eigenvalue weighted by Crippen LogP contribution is 2.39. The van der Waals surface area contributed by atoms with Gasteiger partial charge in [0.1, 0.15) is 6.10 Å². The van der Waals surface area contributed by atoms with E-state index in [-0.39, 0.29) is 29.8 Å². The minimum Gasteiger partial charge on any atom is -0.481 e. The van der Waals surface area contributed by atoms with Crippen LogP contribution in [0.4, 0.5) is 0 Å². The molecule has 1 heterocycles. The quantitative estimate of drug-likeness (QED) is 0.340. The number of carboxylic acids is 1. The van der Waals surface area contributed by atoms with Gasteiger partial charge in [0, 0.05) is 12.8 Å². The molecule has 1 saturated heterocycles. The van der Waals surface area contributed by atoms with Crippen molar-refractivity contribution in [2.24, 2.45) is 0 Å². The van der Waals surface area contributed by atoms with Crippen LogP contribution in [-0.4, -0.2) is 55.2 Å². The van der Waals surface area contributed by atoms with E-state index in [1.807, 2.05) is 26.0 Å². The van der Waals surface area contributed by atoms with Gasteiger partial charge in [-0.15, -0.1) is 0 Å². The number of benzene rings is 2. The smallest absolute Gasteiger partial charge is 0.303 e. The number of aliphatic hydroxyl groups is 1. The molecule has 3 rings (SSSR count). The van der Waals surface area contributed by atoms with Gasteiger partial charge < -0.3 is 24.1 Å². The first kappa shape index (κ1) is 28.5. The molecule has 5 atom stereocenters. The summed E-state index contributed by atoms with van der Waals surface area (Å²) in [6.45, 7) is 10.6. The summed E-state index contributed by atoms with van der Waals surface area (Å²) in [5.74, 6) is -0.782. The molecule has 0 aromatic heterocycles. The molecular formula is C29H42O6Si. The molecule has 2 N–H and O–H groups in total. The Morgan fingerprint density at radius 3 is 2.11 bits per heavy atom. The second-order valence-corrected chi connectivity index (χ2v) is 15.2. The lowest BCUT2D eigenvalue weighted by Gasteiger charge is -2.48. The lowest BCUT2D eigenvalue weighted by atomic mass is 10.0. The fourth-order valence-electron chi connectivity index (χ4n) is 5.12. The maximum absolute atomic E-state index is 11.0. The minimum atomic E-state index is -2.77. The Bertz CT molecular complexity index is 906. The SMILES string of the molecule is CC(CCCCC(=O)O)O[C@@H]1O[C@@H](C)[C@H](O[Si](c2ccccc2)(c2ccccc2)C(C)(C)C)C[C@H]1O. The number of aliphatic hydroxyl groups excluding tert-OH is 1. The number of carboxylic acid groups (broad SMARTS) is 1. The summed E-state index contributed by atoms with van der Waals surface area (Å²) in [5.41, 5.74) is 0. The Morgan fingerprint density at radius 1 is 1.06 bits per heavy atom. The molecule has 7 heteroatoms. The molecule has 0 saturated carbocycles. The second-order valence-electron chi connectivity index (χ2n) is 10.9. The van der Waals surface area contributed by atoms with Gasteiger partial charge in [0.05, 0.1) is 18.3 Å². The van der Waals surface area contributed by atoms with Gasteiger partial charge in [-0.1, -0.05) is 87.9 Å². The van der Waals surface area contributed by atoms with E-state index in [0.717, 1.165) is 12.8 Å². The van der Waals surface area contributed by atoms with Crippen LogP contribution in [0.3, 0.4) is 0 Å². The fraction of sp³-hybridized carbons (Fsp3) is 0.552. The first-order valence-electron chi connectivity index (χ1n) is 13.0. The largest absolute Gasteiger partial charge is 0.481 e. The van der Waals surface area contributed by atoms with Crippen LogP contribution in [0.5, 0.6) is 0 Å². The predicted molar refractivity (Wildman–Crippen MR) is 144 cm³/mol. The lowest BCUT2D eigenvalue weighted by molar-refractivity contribution is -0.271. The third-order valence-electron chi connectivity index (χ3n) is 7.02. The van der Waals surface area contributed by atoms with E-state index in [0.29, 0.717) is 12.8 Å². The molecule has 0 bridgehead atoms. The number of carbonyl (C=O) groups is 1. The van der Waals surface area contributed by atoms with Crippen molar-refractivity contribution >= 4 is 24.7 Å². The minimum absolute atomic E-state index is 0.139. The number of rotatable bonds is 11. The van der Waals surface area contributed by atoms with Crippen molar-refractivity contribution in [1.82, 2.24) is 0 Å². The van der Waals surface area contributed by atoms with Crippen LogP contribution in [0, 0.1) is 0 Å². The van der Waals surface area contributed by atoms with Crippen LogP contribution in [0.2, 0.25) is 5.04 Å². The third kappa shape index (κ3) is 6.84. The number of unbranched alkanes of at least 4 members (excludes halogenated alkanes) is 1. The van der Waals surface area contributed by atoms with E-state index < -0.39 is 26.7 Å². The average molecular weight is 515 g/mol. The van der Waals surface area contributed by atoms with Gasteiger partial charge >= 0.3 is 5.97 Å². The Morgan fingerprint density at radius 2 is 1.61 bits per heavy atom. The zero-order valence-corrected chi connectivity index (χ0v) is 23.2. The Labute approximate surface area is 216 Å². The summed E-state index contributed by atoms with van der Waals surface area (Å²) in [4.78, 5) is 10.7. The predicted octanol–water partition coefficient (Wildman–Crippen LogP) is 4.48. The topological polar surface area (TPSA) is 85.2 Å². The summed E-state index contributed by atoms with van der Waals surface area (Å²) in [7, 11) is -2.77. The van der Waals surface area contributed by atoms with Crippen LogP contribution in [0.15, 0.2) is 60.7 Å². The van der Waals surface area contributed by atoms with Gasteiger partial charge in [-0.05, 0) is 42.1 Å². The highest BCUT2D eigenvalue weighted by atomic mass is 28.4. The molecule has 2 aromatic carbocycles. The maximum Gasteiger partial charge on any atom is 0.303 e. The normalized spacial score (nSPS) is 23.8. The zero-order chi connectivity index (χ0) is 26.3. The van der Waals surface area contributed by atoms with Gasteiger partial charge in [-0.25, -0.2) is 0 Å². The number of hydrogen-bond donors (Lipinski definition) is 2. The first-order valence-corrected chi connectivity index (χ1v) is 14.9. The molecular weight excluding hydrogens is 472 g/mol. The van der Waals surface area contributed by atoms with E-state index in [9.17, 15) is 9.90 Å². The molecule has 0 radical (unpaired) electrons. The molecule has 1 aliphatic heterocycles. The van der Waals surface area contributed by atoms with Gasteiger partial charge in [-0.3, -0.25) is 4.79 Å². The maximum atomic E-state index is 11.0. The zero-order valence-electron chi connectivity index (χ0n) is 22.2. The molecule has 2 aromatic rings. The van der Waals surface area contributed by atoms with Gasteiger partial charge in [0.2, 0.25) is 0 Å². The van der Waals surface area contributed by atoms with Crippen LogP contribution in [0.25, 0.3) is 0 Å². The Kier molecular flexibility index (Phi) is 9.89. The van der Waals surface area contributed by atoms with Crippen molar-refractivity contribution < 1.29 is 28.9 Å². The number of ether oxygens (including phenoxy) is 2. The van der Waals surface area contributed by atoms with E-state index in [4.69, 9.17) is 19.0 Å².